The van der Waals surface area contributed by atoms with Gasteiger partial charge in [0.15, 0.2) is 0 Å². The summed E-state index contributed by atoms with van der Waals surface area (Å²) in [6.07, 6.45) is 2.25. The molecule has 104 valence electrons. The zero-order chi connectivity index (χ0) is 13.4. The predicted molar refractivity (Wildman–Crippen MR) is 69.1 cm³/mol. The van der Waals surface area contributed by atoms with Crippen LogP contribution in [-0.4, -0.2) is 46.2 Å². The van der Waals surface area contributed by atoms with Crippen molar-refractivity contribution in [2.45, 2.75) is 39.4 Å². The van der Waals surface area contributed by atoms with Crippen LogP contribution in [0.2, 0.25) is 0 Å². The van der Waals surface area contributed by atoms with E-state index < -0.39 is 0 Å². The minimum absolute atomic E-state index is 0.143. The summed E-state index contributed by atoms with van der Waals surface area (Å²) in [5.74, 6) is 1.46. The molecule has 0 aliphatic rings. The third kappa shape index (κ3) is 5.12. The Balaban J connectivity index is 2.48. The molecular weight excluding hydrogens is 232 g/mol. The number of ether oxygens (including phenoxy) is 1. The number of aliphatic hydroxyl groups is 1. The maximum absolute atomic E-state index is 8.97. The maximum Gasteiger partial charge on any atom is 0.140 e. The SMILES string of the molecule is COCC(CCO)NCc1ncnn1CC(C)C. The summed E-state index contributed by atoms with van der Waals surface area (Å²) in [5, 5.41) is 16.5. The van der Waals surface area contributed by atoms with E-state index in [1.807, 2.05) is 4.68 Å². The molecule has 0 aliphatic heterocycles. The van der Waals surface area contributed by atoms with Crippen molar-refractivity contribution in [3.05, 3.63) is 12.2 Å². The molecule has 1 atom stereocenters. The lowest BCUT2D eigenvalue weighted by Gasteiger charge is -2.17. The molecule has 0 bridgehead atoms. The van der Waals surface area contributed by atoms with Crippen molar-refractivity contribution in [1.29, 1.82) is 0 Å². The van der Waals surface area contributed by atoms with Crippen LogP contribution in [0.4, 0.5) is 0 Å². The summed E-state index contributed by atoms with van der Waals surface area (Å²) >= 11 is 0. The Labute approximate surface area is 108 Å². The van der Waals surface area contributed by atoms with Crippen LogP contribution >= 0.6 is 0 Å². The first kappa shape index (κ1) is 15.1. The largest absolute Gasteiger partial charge is 0.396 e. The van der Waals surface area contributed by atoms with E-state index in [0.717, 1.165) is 12.4 Å². The highest BCUT2D eigenvalue weighted by Gasteiger charge is 2.10. The molecule has 2 N–H and O–H groups in total. The van der Waals surface area contributed by atoms with Gasteiger partial charge in [0.05, 0.1) is 13.2 Å². The lowest BCUT2D eigenvalue weighted by Crippen LogP contribution is -2.34. The van der Waals surface area contributed by atoms with Crippen molar-refractivity contribution in [3.8, 4) is 0 Å². The molecule has 0 saturated carbocycles. The maximum atomic E-state index is 8.97. The number of hydrogen-bond donors (Lipinski definition) is 2. The quantitative estimate of drug-likeness (QED) is 0.670. The van der Waals surface area contributed by atoms with Crippen LogP contribution in [0.15, 0.2) is 6.33 Å². The van der Waals surface area contributed by atoms with Gasteiger partial charge in [-0.2, -0.15) is 5.10 Å². The zero-order valence-electron chi connectivity index (χ0n) is 11.5. The monoisotopic (exact) mass is 256 g/mol. The number of aliphatic hydroxyl groups excluding tert-OH is 1. The number of nitrogens with one attached hydrogen (secondary N) is 1. The van der Waals surface area contributed by atoms with Crippen molar-refractivity contribution in [2.75, 3.05) is 20.3 Å². The fraction of sp³-hybridized carbons (Fsp3) is 0.833. The van der Waals surface area contributed by atoms with Gasteiger partial charge in [0.2, 0.25) is 0 Å². The van der Waals surface area contributed by atoms with Crippen molar-refractivity contribution in [1.82, 2.24) is 20.1 Å². The van der Waals surface area contributed by atoms with Crippen molar-refractivity contribution in [3.63, 3.8) is 0 Å². The summed E-state index contributed by atoms with van der Waals surface area (Å²) in [7, 11) is 1.66. The second-order valence-electron chi connectivity index (χ2n) is 4.80. The van der Waals surface area contributed by atoms with E-state index in [2.05, 4.69) is 29.2 Å². The van der Waals surface area contributed by atoms with E-state index in [9.17, 15) is 0 Å². The van der Waals surface area contributed by atoms with Gasteiger partial charge in [0.1, 0.15) is 12.2 Å². The molecule has 6 nitrogen and oxygen atoms in total. The Kier molecular flexibility index (Phi) is 6.85. The molecule has 1 rings (SSSR count). The number of methoxy groups -OCH3 is 1. The second kappa shape index (κ2) is 8.18. The van der Waals surface area contributed by atoms with Gasteiger partial charge in [-0.15, -0.1) is 0 Å². The topological polar surface area (TPSA) is 72.2 Å². The van der Waals surface area contributed by atoms with Crippen molar-refractivity contribution >= 4 is 0 Å². The molecule has 1 aromatic rings. The van der Waals surface area contributed by atoms with Crippen LogP contribution in [0.3, 0.4) is 0 Å². The van der Waals surface area contributed by atoms with E-state index in [4.69, 9.17) is 9.84 Å². The first-order valence-electron chi connectivity index (χ1n) is 6.37. The Hall–Kier alpha value is -0.980. The molecule has 0 aromatic carbocycles. The average molecular weight is 256 g/mol. The molecule has 6 heteroatoms. The minimum Gasteiger partial charge on any atom is -0.396 e. The molecule has 0 fully saturated rings. The number of hydrogen-bond acceptors (Lipinski definition) is 5. The number of rotatable bonds is 9. The summed E-state index contributed by atoms with van der Waals surface area (Å²) in [6, 6.07) is 0.143. The standard InChI is InChI=1S/C12H24N4O2/c1-10(2)7-16-12(14-9-15-16)6-13-11(4-5-17)8-18-3/h9-11,13,17H,4-8H2,1-3H3. The molecule has 18 heavy (non-hydrogen) atoms. The summed E-state index contributed by atoms with van der Waals surface area (Å²) in [5.41, 5.74) is 0. The van der Waals surface area contributed by atoms with Gasteiger partial charge in [-0.25, -0.2) is 9.67 Å². The van der Waals surface area contributed by atoms with Crippen LogP contribution in [-0.2, 0) is 17.8 Å². The first-order valence-corrected chi connectivity index (χ1v) is 6.37. The highest BCUT2D eigenvalue weighted by Crippen LogP contribution is 2.02. The van der Waals surface area contributed by atoms with Crippen LogP contribution < -0.4 is 5.32 Å². The van der Waals surface area contributed by atoms with Crippen LogP contribution in [0.25, 0.3) is 0 Å². The molecule has 0 radical (unpaired) electrons. The molecule has 0 amide bonds. The third-order valence-electron chi connectivity index (χ3n) is 2.63. The van der Waals surface area contributed by atoms with Crippen LogP contribution in [0, 0.1) is 5.92 Å². The molecule has 1 aromatic heterocycles. The number of aromatic nitrogens is 3. The Bertz CT molecular complexity index is 322. The first-order chi connectivity index (χ1) is 8.67. The number of nitrogens with zero attached hydrogens (tertiary/aromatic N) is 3. The Morgan fingerprint density at radius 1 is 1.50 bits per heavy atom. The molecule has 0 spiro atoms. The summed E-state index contributed by atoms with van der Waals surface area (Å²) in [6.45, 7) is 6.54. The van der Waals surface area contributed by atoms with E-state index in [0.29, 0.717) is 25.5 Å². The normalized spacial score (nSPS) is 13.2. The predicted octanol–water partition coefficient (Wildman–Crippen LogP) is 0.421. The fourth-order valence-corrected chi connectivity index (χ4v) is 1.76. The Morgan fingerprint density at radius 2 is 2.28 bits per heavy atom. The lowest BCUT2D eigenvalue weighted by molar-refractivity contribution is 0.147. The smallest absolute Gasteiger partial charge is 0.140 e. The second-order valence-corrected chi connectivity index (χ2v) is 4.80. The molecular formula is C12H24N4O2. The van der Waals surface area contributed by atoms with Gasteiger partial charge in [-0.05, 0) is 12.3 Å². The molecule has 1 unspecified atom stereocenters. The van der Waals surface area contributed by atoms with E-state index in [1.165, 1.54) is 0 Å². The van der Waals surface area contributed by atoms with Crippen molar-refractivity contribution < 1.29 is 9.84 Å². The molecule has 0 aliphatic carbocycles. The zero-order valence-corrected chi connectivity index (χ0v) is 11.5. The van der Waals surface area contributed by atoms with E-state index in [-0.39, 0.29) is 12.6 Å². The van der Waals surface area contributed by atoms with E-state index >= 15 is 0 Å². The van der Waals surface area contributed by atoms with Crippen LogP contribution in [0.5, 0.6) is 0 Å². The van der Waals surface area contributed by atoms with Gasteiger partial charge in [0.25, 0.3) is 0 Å². The fourth-order valence-electron chi connectivity index (χ4n) is 1.76. The minimum atomic E-state index is 0.143. The molecule has 0 saturated heterocycles. The van der Waals surface area contributed by atoms with Gasteiger partial charge in [-0.1, -0.05) is 13.8 Å². The average Bonchev–Trinajstić information content (AvgIpc) is 2.73. The summed E-state index contributed by atoms with van der Waals surface area (Å²) < 4.78 is 7.02. The van der Waals surface area contributed by atoms with Gasteiger partial charge < -0.3 is 15.2 Å². The molecule has 1 heterocycles. The highest BCUT2D eigenvalue weighted by molar-refractivity contribution is 4.85. The van der Waals surface area contributed by atoms with Crippen LogP contribution in [0.1, 0.15) is 26.1 Å². The summed E-state index contributed by atoms with van der Waals surface area (Å²) in [4.78, 5) is 4.25. The van der Waals surface area contributed by atoms with Gasteiger partial charge in [0, 0.05) is 26.3 Å². The van der Waals surface area contributed by atoms with Gasteiger partial charge in [-0.3, -0.25) is 0 Å². The lowest BCUT2D eigenvalue weighted by atomic mass is 10.2. The Morgan fingerprint density at radius 3 is 2.89 bits per heavy atom. The van der Waals surface area contributed by atoms with Crippen molar-refractivity contribution in [2.24, 2.45) is 5.92 Å². The van der Waals surface area contributed by atoms with Gasteiger partial charge >= 0.3 is 0 Å². The third-order valence-corrected chi connectivity index (χ3v) is 2.63. The van der Waals surface area contributed by atoms with E-state index in [1.54, 1.807) is 13.4 Å². The highest BCUT2D eigenvalue weighted by atomic mass is 16.5.